The quantitative estimate of drug-likeness (QED) is 0.364. The highest BCUT2D eigenvalue weighted by molar-refractivity contribution is 6.33. The Hall–Kier alpha value is -1.13. The van der Waals surface area contributed by atoms with Crippen molar-refractivity contribution in [1.29, 1.82) is 0 Å². The van der Waals surface area contributed by atoms with Crippen LogP contribution in [0.15, 0.2) is 18.5 Å². The maximum Gasteiger partial charge on any atom is 0.268 e. The molecule has 0 saturated heterocycles. The van der Waals surface area contributed by atoms with Gasteiger partial charge in [0.1, 0.15) is 0 Å². The van der Waals surface area contributed by atoms with Crippen LogP contribution in [0.5, 0.6) is 0 Å². The van der Waals surface area contributed by atoms with Gasteiger partial charge < -0.3 is 0 Å². The van der Waals surface area contributed by atoms with E-state index in [4.69, 9.17) is 17.4 Å². The average Bonchev–Trinajstić information content (AvgIpc) is 2.04. The number of amides is 1. The van der Waals surface area contributed by atoms with Crippen LogP contribution in [0.1, 0.15) is 10.4 Å². The topological polar surface area (TPSA) is 68.0 Å². The lowest BCUT2D eigenvalue weighted by Crippen LogP contribution is -2.30. The molecule has 1 rings (SSSR count). The molecule has 0 atom stereocenters. The first kappa shape index (κ1) is 7.97. The third-order valence-electron chi connectivity index (χ3n) is 1.14. The lowest BCUT2D eigenvalue weighted by molar-refractivity contribution is 0.0953. The number of nitrogens with one attached hydrogen (secondary N) is 1. The Kier molecular flexibility index (Phi) is 2.40. The van der Waals surface area contributed by atoms with Crippen LogP contribution in [0.4, 0.5) is 0 Å². The van der Waals surface area contributed by atoms with Crippen molar-refractivity contribution in [3.05, 3.63) is 29.0 Å². The van der Waals surface area contributed by atoms with Gasteiger partial charge in [-0.2, -0.15) is 0 Å². The fourth-order valence-corrected chi connectivity index (χ4v) is 0.813. The minimum Gasteiger partial charge on any atom is -0.290 e. The normalized spacial score (nSPS) is 9.27. The predicted molar refractivity (Wildman–Crippen MR) is 40.9 cm³/mol. The Morgan fingerprint density at radius 2 is 2.45 bits per heavy atom. The van der Waals surface area contributed by atoms with E-state index in [1.165, 1.54) is 18.5 Å². The Balaban J connectivity index is 3.03. The van der Waals surface area contributed by atoms with Gasteiger partial charge in [-0.3, -0.25) is 15.2 Å². The van der Waals surface area contributed by atoms with E-state index >= 15 is 0 Å². The molecule has 1 aromatic heterocycles. The molecule has 11 heavy (non-hydrogen) atoms. The molecule has 1 heterocycles. The van der Waals surface area contributed by atoms with Crippen molar-refractivity contribution in [3.63, 3.8) is 0 Å². The van der Waals surface area contributed by atoms with E-state index in [9.17, 15) is 4.79 Å². The molecule has 3 N–H and O–H groups in total. The zero-order valence-corrected chi connectivity index (χ0v) is 6.30. The standard InChI is InChI=1S/C6H6ClN3O/c7-5-1-2-9-3-4(5)6(11)10-8/h1-3H,8H2,(H,10,11). The summed E-state index contributed by atoms with van der Waals surface area (Å²) < 4.78 is 0. The number of nitrogen functional groups attached to an aromatic ring is 1. The fraction of sp³-hybridized carbons (Fsp3) is 0. The van der Waals surface area contributed by atoms with Crippen molar-refractivity contribution in [2.45, 2.75) is 0 Å². The van der Waals surface area contributed by atoms with Crippen LogP contribution in [0.3, 0.4) is 0 Å². The Morgan fingerprint density at radius 1 is 1.73 bits per heavy atom. The summed E-state index contributed by atoms with van der Waals surface area (Å²) in [5.41, 5.74) is 2.23. The highest BCUT2D eigenvalue weighted by Crippen LogP contribution is 2.12. The highest BCUT2D eigenvalue weighted by atomic mass is 35.5. The molecular weight excluding hydrogens is 166 g/mol. The Morgan fingerprint density at radius 3 is 3.00 bits per heavy atom. The second-order valence-electron chi connectivity index (χ2n) is 1.83. The number of carbonyl (C=O) groups excluding carboxylic acids is 1. The number of aromatic nitrogens is 1. The number of rotatable bonds is 1. The lowest BCUT2D eigenvalue weighted by Gasteiger charge is -1.99. The van der Waals surface area contributed by atoms with Crippen molar-refractivity contribution >= 4 is 17.5 Å². The number of nitrogens with two attached hydrogens (primary N) is 1. The molecule has 0 aliphatic carbocycles. The van der Waals surface area contributed by atoms with Crippen molar-refractivity contribution in [2.75, 3.05) is 0 Å². The number of nitrogens with zero attached hydrogens (tertiary/aromatic N) is 1. The summed E-state index contributed by atoms with van der Waals surface area (Å²) in [4.78, 5) is 14.6. The molecule has 0 aromatic carbocycles. The van der Waals surface area contributed by atoms with E-state index < -0.39 is 5.91 Å². The van der Waals surface area contributed by atoms with Crippen molar-refractivity contribution in [1.82, 2.24) is 10.4 Å². The van der Waals surface area contributed by atoms with E-state index in [0.717, 1.165) is 0 Å². The predicted octanol–water partition coefficient (Wildman–Crippen LogP) is 0.338. The van der Waals surface area contributed by atoms with Crippen LogP contribution in [0.25, 0.3) is 0 Å². The molecule has 1 aromatic rings. The molecular formula is C6H6ClN3O. The van der Waals surface area contributed by atoms with Crippen molar-refractivity contribution in [2.24, 2.45) is 5.84 Å². The summed E-state index contributed by atoms with van der Waals surface area (Å²) in [5.74, 6) is 4.45. The lowest BCUT2D eigenvalue weighted by atomic mass is 10.3. The van der Waals surface area contributed by atoms with Gasteiger partial charge in [0, 0.05) is 12.4 Å². The maximum atomic E-state index is 10.9. The average molecular weight is 172 g/mol. The van der Waals surface area contributed by atoms with E-state index in [2.05, 4.69) is 4.98 Å². The van der Waals surface area contributed by atoms with Gasteiger partial charge in [0.2, 0.25) is 0 Å². The smallest absolute Gasteiger partial charge is 0.268 e. The molecule has 0 fully saturated rings. The molecule has 0 saturated carbocycles. The van der Waals surface area contributed by atoms with Gasteiger partial charge in [-0.1, -0.05) is 11.6 Å². The minimum absolute atomic E-state index is 0.275. The maximum absolute atomic E-state index is 10.9. The van der Waals surface area contributed by atoms with E-state index in [0.29, 0.717) is 5.02 Å². The molecule has 5 heteroatoms. The van der Waals surface area contributed by atoms with Crippen LogP contribution in [-0.2, 0) is 0 Å². The molecule has 0 spiro atoms. The molecule has 58 valence electrons. The monoisotopic (exact) mass is 171 g/mol. The minimum atomic E-state index is -0.442. The molecule has 0 unspecified atom stereocenters. The van der Waals surface area contributed by atoms with Gasteiger partial charge in [-0.05, 0) is 6.07 Å². The van der Waals surface area contributed by atoms with Crippen LogP contribution in [-0.4, -0.2) is 10.9 Å². The van der Waals surface area contributed by atoms with E-state index in [-0.39, 0.29) is 5.56 Å². The Bertz CT molecular complexity index is 276. The third kappa shape index (κ3) is 1.66. The fourth-order valence-electron chi connectivity index (χ4n) is 0.622. The first-order chi connectivity index (χ1) is 5.25. The zero-order chi connectivity index (χ0) is 8.27. The van der Waals surface area contributed by atoms with Crippen LogP contribution < -0.4 is 11.3 Å². The molecule has 0 aliphatic heterocycles. The number of carbonyl (C=O) groups is 1. The van der Waals surface area contributed by atoms with Gasteiger partial charge in [0.05, 0.1) is 10.6 Å². The molecule has 0 bridgehead atoms. The van der Waals surface area contributed by atoms with Gasteiger partial charge in [0.15, 0.2) is 0 Å². The Labute approximate surface area is 68.3 Å². The first-order valence-corrected chi connectivity index (χ1v) is 3.24. The number of hydrogen-bond donors (Lipinski definition) is 2. The molecule has 0 radical (unpaired) electrons. The molecule has 0 aliphatic rings. The second kappa shape index (κ2) is 3.32. The van der Waals surface area contributed by atoms with Crippen LogP contribution in [0, 0.1) is 0 Å². The second-order valence-corrected chi connectivity index (χ2v) is 2.24. The number of hydrogen-bond acceptors (Lipinski definition) is 3. The van der Waals surface area contributed by atoms with E-state index in [1.807, 2.05) is 5.43 Å². The van der Waals surface area contributed by atoms with Crippen LogP contribution >= 0.6 is 11.6 Å². The largest absolute Gasteiger partial charge is 0.290 e. The SMILES string of the molecule is NNC(=O)c1cnccc1Cl. The number of pyridine rings is 1. The number of halogens is 1. The van der Waals surface area contributed by atoms with Gasteiger partial charge in [0.25, 0.3) is 5.91 Å². The van der Waals surface area contributed by atoms with Crippen molar-refractivity contribution in [3.8, 4) is 0 Å². The summed E-state index contributed by atoms with van der Waals surface area (Å²) in [6.45, 7) is 0. The highest BCUT2D eigenvalue weighted by Gasteiger charge is 2.06. The summed E-state index contributed by atoms with van der Waals surface area (Å²) in [7, 11) is 0. The van der Waals surface area contributed by atoms with E-state index in [1.54, 1.807) is 0 Å². The van der Waals surface area contributed by atoms with Gasteiger partial charge in [-0.25, -0.2) is 5.84 Å². The summed E-state index contributed by atoms with van der Waals surface area (Å²) in [5, 5.41) is 0.336. The summed E-state index contributed by atoms with van der Waals surface area (Å²) in [6.07, 6.45) is 2.85. The molecule has 4 nitrogen and oxygen atoms in total. The van der Waals surface area contributed by atoms with Gasteiger partial charge >= 0.3 is 0 Å². The van der Waals surface area contributed by atoms with Crippen LogP contribution in [0.2, 0.25) is 5.02 Å². The van der Waals surface area contributed by atoms with Crippen molar-refractivity contribution < 1.29 is 4.79 Å². The molecule has 1 amide bonds. The van der Waals surface area contributed by atoms with Gasteiger partial charge in [-0.15, -0.1) is 0 Å². The summed E-state index contributed by atoms with van der Waals surface area (Å²) >= 11 is 5.64. The third-order valence-corrected chi connectivity index (χ3v) is 1.47. The number of hydrazine groups is 1. The first-order valence-electron chi connectivity index (χ1n) is 2.86. The zero-order valence-electron chi connectivity index (χ0n) is 5.54. The summed E-state index contributed by atoms with van der Waals surface area (Å²) in [6, 6.07) is 1.52.